The Bertz CT molecular complexity index is 3820. The van der Waals surface area contributed by atoms with Gasteiger partial charge in [0.2, 0.25) is 0 Å². The van der Waals surface area contributed by atoms with Gasteiger partial charge in [-0.25, -0.2) is 0 Å². The number of hydrogen-bond acceptors (Lipinski definition) is 4. The van der Waals surface area contributed by atoms with Crippen LogP contribution in [-0.2, 0) is 10.8 Å². The molecule has 0 aliphatic carbocycles. The molecule has 12 aromatic rings. The van der Waals surface area contributed by atoms with Crippen molar-refractivity contribution in [1.82, 2.24) is 0 Å². The van der Waals surface area contributed by atoms with Crippen LogP contribution < -0.4 is 9.80 Å². The molecule has 12 rings (SSSR count). The van der Waals surface area contributed by atoms with E-state index in [9.17, 15) is 0 Å². The molecule has 0 aliphatic heterocycles. The molecule has 4 heteroatoms. The van der Waals surface area contributed by atoms with Crippen molar-refractivity contribution >= 4 is 110 Å². The van der Waals surface area contributed by atoms with E-state index in [4.69, 9.17) is 8.83 Å². The van der Waals surface area contributed by atoms with Crippen LogP contribution in [0.1, 0.15) is 129 Å². The minimum atomic E-state index is -0.121. The lowest BCUT2D eigenvalue weighted by Crippen LogP contribution is -2.15. The van der Waals surface area contributed by atoms with Crippen LogP contribution in [-0.4, -0.2) is 0 Å². The van der Waals surface area contributed by atoms with Crippen molar-refractivity contribution in [3.05, 3.63) is 192 Å². The maximum absolute atomic E-state index is 7.28. The zero-order valence-corrected chi connectivity index (χ0v) is 44.5. The second-order valence-electron chi connectivity index (χ2n) is 23.6. The van der Waals surface area contributed by atoms with Crippen LogP contribution in [0, 0.1) is 0 Å². The maximum atomic E-state index is 7.28. The average Bonchev–Trinajstić information content (AvgIpc) is 3.95. The normalized spacial score (nSPS) is 12.8. The fourth-order valence-electron chi connectivity index (χ4n) is 11.6. The highest BCUT2D eigenvalue weighted by atomic mass is 16.3. The summed E-state index contributed by atoms with van der Waals surface area (Å²) in [5.41, 5.74) is 15.9. The van der Waals surface area contributed by atoms with Gasteiger partial charge < -0.3 is 18.6 Å². The first-order valence-electron chi connectivity index (χ1n) is 26.4. The fourth-order valence-corrected chi connectivity index (χ4v) is 11.6. The minimum absolute atomic E-state index is 0.121. The van der Waals surface area contributed by atoms with Crippen LogP contribution in [0.4, 0.5) is 34.1 Å². The molecular weight excluding hydrogens is 889 g/mol. The fraction of sp³-hybridized carbons (Fsp3) is 0.246. The number of benzene rings is 10. The Morgan fingerprint density at radius 1 is 0.329 bits per heavy atom. The van der Waals surface area contributed by atoms with E-state index in [1.807, 2.05) is 0 Å². The second-order valence-corrected chi connectivity index (χ2v) is 23.6. The van der Waals surface area contributed by atoms with E-state index < -0.39 is 0 Å². The molecule has 0 atom stereocenters. The van der Waals surface area contributed by atoms with Crippen molar-refractivity contribution in [1.29, 1.82) is 0 Å². The van der Waals surface area contributed by atoms with Crippen LogP contribution in [0.25, 0.3) is 76.2 Å². The molecule has 364 valence electrons. The highest BCUT2D eigenvalue weighted by Gasteiger charge is 2.30. The molecule has 73 heavy (non-hydrogen) atoms. The van der Waals surface area contributed by atoms with Gasteiger partial charge >= 0.3 is 0 Å². The van der Waals surface area contributed by atoms with Crippen LogP contribution in [0.3, 0.4) is 0 Å². The van der Waals surface area contributed by atoms with Crippen LogP contribution in [0.2, 0.25) is 0 Å². The molecule has 0 aliphatic rings. The Morgan fingerprint density at radius 3 is 1.07 bits per heavy atom. The van der Waals surface area contributed by atoms with Crippen molar-refractivity contribution in [2.45, 2.75) is 112 Å². The highest BCUT2D eigenvalue weighted by Crippen LogP contribution is 2.54. The molecule has 0 saturated carbocycles. The lowest BCUT2D eigenvalue weighted by atomic mass is 9.86. The molecule has 0 amide bonds. The van der Waals surface area contributed by atoms with E-state index in [0.29, 0.717) is 17.8 Å². The van der Waals surface area contributed by atoms with Crippen molar-refractivity contribution in [3.8, 4) is 0 Å². The summed E-state index contributed by atoms with van der Waals surface area (Å²) in [4.78, 5) is 4.94. The number of rotatable bonds is 9. The molecule has 0 radical (unpaired) electrons. The summed E-state index contributed by atoms with van der Waals surface area (Å²) in [7, 11) is 0. The molecule has 2 aromatic heterocycles. The average molecular weight is 955 g/mol. The molecule has 10 aromatic carbocycles. The van der Waals surface area contributed by atoms with E-state index in [0.717, 1.165) is 88.8 Å². The largest absolute Gasteiger partial charge is 0.454 e. The number of hydrogen-bond donors (Lipinski definition) is 0. The third-order valence-corrected chi connectivity index (χ3v) is 15.6. The van der Waals surface area contributed by atoms with Gasteiger partial charge in [0, 0.05) is 60.2 Å². The highest BCUT2D eigenvalue weighted by molar-refractivity contribution is 6.29. The third-order valence-electron chi connectivity index (χ3n) is 15.6. The smallest absolute Gasteiger partial charge is 0.159 e. The van der Waals surface area contributed by atoms with Gasteiger partial charge in [0.1, 0.15) is 11.2 Å². The second kappa shape index (κ2) is 17.0. The van der Waals surface area contributed by atoms with E-state index in [-0.39, 0.29) is 10.8 Å². The summed E-state index contributed by atoms with van der Waals surface area (Å²) in [5, 5.41) is 11.7. The number of fused-ring (bicyclic) bond motifs is 6. The Morgan fingerprint density at radius 2 is 0.699 bits per heavy atom. The predicted octanol–water partition coefficient (Wildman–Crippen LogP) is 21.3. The van der Waals surface area contributed by atoms with Gasteiger partial charge in [-0.1, -0.05) is 204 Å². The quantitative estimate of drug-likeness (QED) is 0.135. The first-order chi connectivity index (χ1) is 35.0. The Balaban J connectivity index is 1.24. The standard InChI is InChI=1S/C69H66N2O2/c1-40(2)43-25-31-48(32-26-43)70(58-23-15-19-52-50-17-13-21-56(68(7,8)9)64(50)72-66(52)58)60-39-61(55-36-30-46-38-47(42(5)6)37-45-29-35-54(60)63(55)62(45)46)71(49-33-27-44(28-34-49)41(3)4)59-24-16-20-53-51-18-14-22-57(69(10,11)12)65(51)73-67(53)59/h13-42H,1-12H3. The lowest BCUT2D eigenvalue weighted by Gasteiger charge is -2.32. The molecule has 0 bridgehead atoms. The number of para-hydroxylation sites is 4. The maximum Gasteiger partial charge on any atom is 0.159 e. The Kier molecular flexibility index (Phi) is 10.8. The van der Waals surface area contributed by atoms with Crippen LogP contribution in [0.15, 0.2) is 173 Å². The van der Waals surface area contributed by atoms with Gasteiger partial charge in [0.15, 0.2) is 11.2 Å². The van der Waals surface area contributed by atoms with Crippen molar-refractivity contribution in [2.24, 2.45) is 0 Å². The molecule has 0 saturated heterocycles. The van der Waals surface area contributed by atoms with Crippen LogP contribution in [0.5, 0.6) is 0 Å². The van der Waals surface area contributed by atoms with E-state index in [1.54, 1.807) is 0 Å². The Labute approximate surface area is 430 Å². The molecule has 0 fully saturated rings. The van der Waals surface area contributed by atoms with E-state index in [2.05, 4.69) is 257 Å². The van der Waals surface area contributed by atoms with Gasteiger partial charge in [-0.05, 0) is 104 Å². The molecule has 2 heterocycles. The summed E-state index contributed by atoms with van der Waals surface area (Å²) < 4.78 is 14.6. The molecule has 0 spiro atoms. The van der Waals surface area contributed by atoms with Crippen molar-refractivity contribution < 1.29 is 8.83 Å². The molecular formula is C69H66N2O2. The van der Waals surface area contributed by atoms with Crippen LogP contribution >= 0.6 is 0 Å². The number of furan rings is 2. The van der Waals surface area contributed by atoms with Gasteiger partial charge in [-0.15, -0.1) is 0 Å². The lowest BCUT2D eigenvalue weighted by molar-refractivity contribution is 0.572. The minimum Gasteiger partial charge on any atom is -0.454 e. The zero-order chi connectivity index (χ0) is 50.8. The third kappa shape index (κ3) is 7.55. The van der Waals surface area contributed by atoms with Crippen molar-refractivity contribution in [3.63, 3.8) is 0 Å². The van der Waals surface area contributed by atoms with E-state index >= 15 is 0 Å². The number of anilines is 6. The Hall–Kier alpha value is -7.56. The summed E-state index contributed by atoms with van der Waals surface area (Å²) in [6.07, 6.45) is 0. The first-order valence-corrected chi connectivity index (χ1v) is 26.4. The topological polar surface area (TPSA) is 32.8 Å². The van der Waals surface area contributed by atoms with E-state index in [1.165, 1.54) is 49.4 Å². The van der Waals surface area contributed by atoms with Gasteiger partial charge in [0.05, 0.1) is 22.7 Å². The first kappa shape index (κ1) is 46.5. The summed E-state index contributed by atoms with van der Waals surface area (Å²) in [6.45, 7) is 27.3. The molecule has 0 unspecified atom stereocenters. The SMILES string of the molecule is CC(C)c1ccc(N(c2cc(N(c3ccc(C(C)C)cc3)c3cccc4c3oc3c(C(C)(C)C)cccc34)c3ccc4cc(C(C)C)cc5ccc2c3c54)c2cccc3c2oc2c(C(C)(C)C)cccc23)cc1. The summed E-state index contributed by atoms with van der Waals surface area (Å²) >= 11 is 0. The van der Waals surface area contributed by atoms with Gasteiger partial charge in [-0.2, -0.15) is 0 Å². The molecule has 4 nitrogen and oxygen atoms in total. The summed E-state index contributed by atoms with van der Waals surface area (Å²) in [5.74, 6) is 1.14. The number of nitrogens with zero attached hydrogens (tertiary/aromatic N) is 2. The predicted molar refractivity (Wildman–Crippen MR) is 314 cm³/mol. The van der Waals surface area contributed by atoms with Gasteiger partial charge in [0.25, 0.3) is 0 Å². The van der Waals surface area contributed by atoms with Gasteiger partial charge in [-0.3, -0.25) is 0 Å². The zero-order valence-electron chi connectivity index (χ0n) is 44.5. The van der Waals surface area contributed by atoms with Crippen molar-refractivity contribution in [2.75, 3.05) is 9.80 Å². The summed E-state index contributed by atoms with van der Waals surface area (Å²) in [6, 6.07) is 61.7. The monoisotopic (exact) mass is 955 g/mol. The molecule has 0 N–H and O–H groups in total.